The van der Waals surface area contributed by atoms with Crippen molar-refractivity contribution < 1.29 is 17.7 Å². The van der Waals surface area contributed by atoms with Gasteiger partial charge in [-0.25, -0.2) is 8.42 Å². The zero-order valence-corrected chi connectivity index (χ0v) is 13.5. The normalized spacial score (nSPS) is 11.6. The fourth-order valence-electron chi connectivity index (χ4n) is 1.82. The Morgan fingerprint density at radius 3 is 2.57 bits per heavy atom. The number of aromatic nitrogens is 2. The Morgan fingerprint density at radius 1 is 1.29 bits per heavy atom. The molecule has 0 spiro atoms. The van der Waals surface area contributed by atoms with Crippen LogP contribution in [-0.4, -0.2) is 18.6 Å². The van der Waals surface area contributed by atoms with E-state index >= 15 is 0 Å². The summed E-state index contributed by atoms with van der Waals surface area (Å²) in [6, 6.07) is 2.99. The smallest absolute Gasteiger partial charge is 0.264 e. The van der Waals surface area contributed by atoms with Gasteiger partial charge in [0.2, 0.25) is 0 Å². The minimum absolute atomic E-state index is 0.0834. The fraction of sp³-hybridized carbons (Fsp3) is 0.385. The summed E-state index contributed by atoms with van der Waals surface area (Å²) >= 11 is 0. The molecule has 0 aliphatic carbocycles. The van der Waals surface area contributed by atoms with Crippen LogP contribution in [0.1, 0.15) is 29.8 Å². The van der Waals surface area contributed by atoms with Gasteiger partial charge in [-0.05, 0) is 37.1 Å². The van der Waals surface area contributed by atoms with E-state index < -0.39 is 9.05 Å². The van der Waals surface area contributed by atoms with Crippen LogP contribution in [0.15, 0.2) is 21.6 Å². The summed E-state index contributed by atoms with van der Waals surface area (Å²) in [4.78, 5) is 4.22. The van der Waals surface area contributed by atoms with Crippen LogP contribution in [0.5, 0.6) is 5.75 Å². The van der Waals surface area contributed by atoms with Crippen molar-refractivity contribution in [2.24, 2.45) is 0 Å². The summed E-state index contributed by atoms with van der Waals surface area (Å²) in [7, 11) is 1.61. The SMILES string of the molecule is CCc1noc(COc2ccc(S(=O)(=O)Cl)c(C)c2C)n1. The maximum Gasteiger partial charge on any atom is 0.264 e. The minimum Gasteiger partial charge on any atom is -0.483 e. The Bertz CT molecular complexity index is 756. The molecule has 6 nitrogen and oxygen atoms in total. The molecule has 0 unspecified atom stereocenters. The quantitative estimate of drug-likeness (QED) is 0.784. The van der Waals surface area contributed by atoms with Crippen molar-refractivity contribution in [2.45, 2.75) is 38.7 Å². The van der Waals surface area contributed by atoms with Crippen LogP contribution in [0.2, 0.25) is 0 Å². The molecule has 0 N–H and O–H groups in total. The summed E-state index contributed by atoms with van der Waals surface area (Å²) in [5.41, 5.74) is 1.26. The molecular weight excluding hydrogens is 316 g/mol. The van der Waals surface area contributed by atoms with E-state index in [9.17, 15) is 8.42 Å². The van der Waals surface area contributed by atoms with Gasteiger partial charge in [0.25, 0.3) is 14.9 Å². The first-order valence-corrected chi connectivity index (χ1v) is 8.63. The van der Waals surface area contributed by atoms with Crippen LogP contribution >= 0.6 is 10.7 Å². The van der Waals surface area contributed by atoms with Crippen LogP contribution in [0.25, 0.3) is 0 Å². The third-order valence-corrected chi connectivity index (χ3v) is 4.59. The van der Waals surface area contributed by atoms with E-state index in [0.29, 0.717) is 35.0 Å². The maximum absolute atomic E-state index is 11.4. The first-order chi connectivity index (χ1) is 9.82. The van der Waals surface area contributed by atoms with Gasteiger partial charge in [0.1, 0.15) is 5.75 Å². The topological polar surface area (TPSA) is 82.3 Å². The Balaban J connectivity index is 2.20. The lowest BCUT2D eigenvalue weighted by Crippen LogP contribution is -2.02. The third-order valence-electron chi connectivity index (χ3n) is 3.13. The molecule has 0 bridgehead atoms. The number of aryl methyl sites for hydroxylation is 1. The van der Waals surface area contributed by atoms with E-state index in [-0.39, 0.29) is 11.5 Å². The maximum atomic E-state index is 11.4. The van der Waals surface area contributed by atoms with Crippen molar-refractivity contribution in [2.75, 3.05) is 0 Å². The highest BCUT2D eigenvalue weighted by atomic mass is 35.7. The molecule has 0 atom stereocenters. The molecule has 0 saturated carbocycles. The summed E-state index contributed by atoms with van der Waals surface area (Å²) in [6.45, 7) is 5.50. The molecule has 114 valence electrons. The molecule has 0 fully saturated rings. The molecule has 0 aliphatic heterocycles. The van der Waals surface area contributed by atoms with Crippen LogP contribution < -0.4 is 4.74 Å². The van der Waals surface area contributed by atoms with Gasteiger partial charge in [-0.2, -0.15) is 4.98 Å². The second kappa shape index (κ2) is 6.03. The molecule has 8 heteroatoms. The number of halogens is 1. The second-order valence-corrected chi connectivity index (χ2v) is 7.03. The number of rotatable bonds is 5. The third kappa shape index (κ3) is 3.54. The van der Waals surface area contributed by atoms with Crippen molar-refractivity contribution in [1.29, 1.82) is 0 Å². The first kappa shape index (κ1) is 15.8. The molecule has 0 radical (unpaired) electrons. The lowest BCUT2D eigenvalue weighted by atomic mass is 10.1. The standard InChI is InChI=1S/C13H15ClN2O4S/c1-4-12-15-13(20-16-12)7-19-10-5-6-11(21(14,17)18)9(3)8(10)2/h5-6H,4,7H2,1-3H3. The van der Waals surface area contributed by atoms with Gasteiger partial charge < -0.3 is 9.26 Å². The van der Waals surface area contributed by atoms with E-state index in [0.717, 1.165) is 0 Å². The Kier molecular flexibility index (Phi) is 4.53. The Hall–Kier alpha value is -1.60. The van der Waals surface area contributed by atoms with Gasteiger partial charge in [-0.3, -0.25) is 0 Å². The zero-order valence-electron chi connectivity index (χ0n) is 11.9. The number of hydrogen-bond acceptors (Lipinski definition) is 6. The lowest BCUT2D eigenvalue weighted by Gasteiger charge is -2.11. The molecule has 1 heterocycles. The summed E-state index contributed by atoms with van der Waals surface area (Å²) < 4.78 is 33.5. The number of benzene rings is 1. The van der Waals surface area contributed by atoms with Crippen molar-refractivity contribution in [3.63, 3.8) is 0 Å². The highest BCUT2D eigenvalue weighted by molar-refractivity contribution is 8.13. The molecule has 1 aromatic carbocycles. The van der Waals surface area contributed by atoms with E-state index in [4.69, 9.17) is 19.9 Å². The predicted molar refractivity (Wildman–Crippen MR) is 77.0 cm³/mol. The lowest BCUT2D eigenvalue weighted by molar-refractivity contribution is 0.241. The molecule has 2 aromatic rings. The van der Waals surface area contributed by atoms with E-state index in [2.05, 4.69) is 10.1 Å². The summed E-state index contributed by atoms with van der Waals surface area (Å²) in [6.07, 6.45) is 0.684. The molecule has 2 rings (SSSR count). The van der Waals surface area contributed by atoms with Crippen LogP contribution in [-0.2, 0) is 22.1 Å². The monoisotopic (exact) mass is 330 g/mol. The van der Waals surface area contributed by atoms with Crippen molar-refractivity contribution in [1.82, 2.24) is 10.1 Å². The summed E-state index contributed by atoms with van der Waals surface area (Å²) in [5.74, 6) is 1.54. The van der Waals surface area contributed by atoms with Crippen LogP contribution in [0, 0.1) is 13.8 Å². The van der Waals surface area contributed by atoms with E-state index in [1.807, 2.05) is 6.92 Å². The predicted octanol–water partition coefficient (Wildman–Crippen LogP) is 2.76. The molecule has 1 aromatic heterocycles. The number of nitrogens with zero attached hydrogens (tertiary/aromatic N) is 2. The number of hydrogen-bond donors (Lipinski definition) is 0. The zero-order chi connectivity index (χ0) is 15.6. The molecule has 21 heavy (non-hydrogen) atoms. The van der Waals surface area contributed by atoms with Crippen LogP contribution in [0.4, 0.5) is 0 Å². The van der Waals surface area contributed by atoms with Gasteiger partial charge in [0.15, 0.2) is 12.4 Å². The second-order valence-electron chi connectivity index (χ2n) is 4.50. The van der Waals surface area contributed by atoms with Gasteiger partial charge in [-0.15, -0.1) is 0 Å². The Morgan fingerprint density at radius 2 is 2.00 bits per heavy atom. The van der Waals surface area contributed by atoms with Gasteiger partial charge in [0.05, 0.1) is 4.90 Å². The molecule has 0 aliphatic rings. The molecule has 0 saturated heterocycles. The average Bonchev–Trinajstić information content (AvgIpc) is 2.87. The van der Waals surface area contributed by atoms with E-state index in [1.165, 1.54) is 6.07 Å². The Labute approximate surface area is 127 Å². The van der Waals surface area contributed by atoms with Gasteiger partial charge in [-0.1, -0.05) is 12.1 Å². The van der Waals surface area contributed by atoms with Crippen molar-refractivity contribution in [3.8, 4) is 5.75 Å². The fourth-order valence-corrected chi connectivity index (χ4v) is 3.07. The first-order valence-electron chi connectivity index (χ1n) is 6.32. The number of ether oxygens (including phenoxy) is 1. The van der Waals surface area contributed by atoms with E-state index in [1.54, 1.807) is 19.9 Å². The summed E-state index contributed by atoms with van der Waals surface area (Å²) in [5, 5.41) is 3.77. The highest BCUT2D eigenvalue weighted by Crippen LogP contribution is 2.29. The molecular formula is C13H15ClN2O4S. The van der Waals surface area contributed by atoms with Crippen molar-refractivity contribution >= 4 is 19.7 Å². The van der Waals surface area contributed by atoms with Gasteiger partial charge in [0, 0.05) is 17.1 Å². The average molecular weight is 331 g/mol. The molecule has 0 amide bonds. The highest BCUT2D eigenvalue weighted by Gasteiger charge is 2.17. The van der Waals surface area contributed by atoms with Gasteiger partial charge >= 0.3 is 0 Å². The van der Waals surface area contributed by atoms with Crippen LogP contribution in [0.3, 0.4) is 0 Å². The minimum atomic E-state index is -3.76. The van der Waals surface area contributed by atoms with Crippen molar-refractivity contribution in [3.05, 3.63) is 35.0 Å². The largest absolute Gasteiger partial charge is 0.483 e.